The number of β-amino-alcohol motifs (C(OH)–C–C–N with tert-alkyl or cyclic N) is 1. The molecule has 2 fully saturated rings. The number of likely N-dealkylation sites (tertiary alicyclic amines) is 1. The minimum Gasteiger partial charge on any atom is -0.389 e. The average molecular weight is 297 g/mol. The highest BCUT2D eigenvalue weighted by Crippen LogP contribution is 2.39. The zero-order valence-corrected chi connectivity index (χ0v) is 14.5. The molecule has 0 aromatic heterocycles. The molecule has 0 amide bonds. The molecule has 2 aliphatic rings. The third kappa shape index (κ3) is 5.54. The molecule has 0 aromatic rings. The van der Waals surface area contributed by atoms with Gasteiger partial charge in [0.15, 0.2) is 0 Å². The number of hydrogen-bond donors (Lipinski definition) is 1. The summed E-state index contributed by atoms with van der Waals surface area (Å²) in [6.07, 6.45) is 7.43. The van der Waals surface area contributed by atoms with E-state index in [4.69, 9.17) is 4.74 Å². The van der Waals surface area contributed by atoms with Gasteiger partial charge in [-0.2, -0.15) is 0 Å². The van der Waals surface area contributed by atoms with Gasteiger partial charge < -0.3 is 9.84 Å². The molecular weight excluding hydrogens is 262 g/mol. The van der Waals surface area contributed by atoms with Crippen LogP contribution >= 0.6 is 0 Å². The molecule has 0 aromatic carbocycles. The number of rotatable bonds is 5. The predicted molar refractivity (Wildman–Crippen MR) is 87.4 cm³/mol. The van der Waals surface area contributed by atoms with E-state index in [1.807, 2.05) is 0 Å². The highest BCUT2D eigenvalue weighted by atomic mass is 16.5. The molecule has 124 valence electrons. The Balaban J connectivity index is 1.72. The van der Waals surface area contributed by atoms with E-state index in [1.165, 1.54) is 25.7 Å². The fourth-order valence-corrected chi connectivity index (χ4v) is 4.38. The first-order valence-corrected chi connectivity index (χ1v) is 8.89. The van der Waals surface area contributed by atoms with Crippen molar-refractivity contribution in [1.29, 1.82) is 0 Å². The van der Waals surface area contributed by atoms with E-state index in [-0.39, 0.29) is 6.10 Å². The number of aliphatic hydroxyl groups excluding tert-OH is 1. The fraction of sp³-hybridized carbons (Fsp3) is 1.00. The van der Waals surface area contributed by atoms with Crippen LogP contribution in [-0.2, 0) is 4.74 Å². The monoisotopic (exact) mass is 297 g/mol. The van der Waals surface area contributed by atoms with E-state index < -0.39 is 0 Å². The summed E-state index contributed by atoms with van der Waals surface area (Å²) in [5.74, 6) is 0.734. The minimum atomic E-state index is -0.342. The first-order valence-electron chi connectivity index (χ1n) is 8.89. The third-order valence-corrected chi connectivity index (χ3v) is 5.26. The standard InChI is InChI=1S/C18H35NO2/c1-14-9-17(11-18(3,4)10-14)21-13-16(20)12-19-8-6-5-7-15(19)2/h14-17,20H,5-13H2,1-4H3/t14-,15+,16-,17+/m0/s1. The molecule has 0 bridgehead atoms. The molecule has 1 aliphatic heterocycles. The van der Waals surface area contributed by atoms with E-state index >= 15 is 0 Å². The highest BCUT2D eigenvalue weighted by Gasteiger charge is 2.33. The number of piperidine rings is 1. The molecule has 0 unspecified atom stereocenters. The minimum absolute atomic E-state index is 0.331. The summed E-state index contributed by atoms with van der Waals surface area (Å²) < 4.78 is 6.05. The third-order valence-electron chi connectivity index (χ3n) is 5.26. The molecule has 3 heteroatoms. The van der Waals surface area contributed by atoms with Gasteiger partial charge in [-0.05, 0) is 56.9 Å². The number of hydrogen-bond acceptors (Lipinski definition) is 3. The lowest BCUT2D eigenvalue weighted by Gasteiger charge is -2.39. The second-order valence-electron chi connectivity index (χ2n) is 8.36. The molecule has 4 atom stereocenters. The van der Waals surface area contributed by atoms with E-state index in [9.17, 15) is 5.11 Å². The maximum absolute atomic E-state index is 10.3. The highest BCUT2D eigenvalue weighted by molar-refractivity contribution is 4.84. The lowest BCUT2D eigenvalue weighted by Crippen LogP contribution is -2.44. The lowest BCUT2D eigenvalue weighted by atomic mass is 9.71. The Hall–Kier alpha value is -0.120. The zero-order valence-electron chi connectivity index (χ0n) is 14.5. The van der Waals surface area contributed by atoms with Crippen LogP contribution in [0.25, 0.3) is 0 Å². The molecule has 3 nitrogen and oxygen atoms in total. The molecule has 21 heavy (non-hydrogen) atoms. The van der Waals surface area contributed by atoms with Crippen LogP contribution in [0, 0.1) is 11.3 Å². The van der Waals surface area contributed by atoms with Gasteiger partial charge in [0.2, 0.25) is 0 Å². The van der Waals surface area contributed by atoms with Crippen molar-refractivity contribution in [1.82, 2.24) is 4.90 Å². The first-order chi connectivity index (χ1) is 9.85. The van der Waals surface area contributed by atoms with Crippen molar-refractivity contribution in [2.75, 3.05) is 19.7 Å². The topological polar surface area (TPSA) is 32.7 Å². The zero-order chi connectivity index (χ0) is 15.5. The number of nitrogens with zero attached hydrogens (tertiary/aromatic N) is 1. The van der Waals surface area contributed by atoms with Gasteiger partial charge in [-0.15, -0.1) is 0 Å². The smallest absolute Gasteiger partial charge is 0.0900 e. The van der Waals surface area contributed by atoms with Gasteiger partial charge in [0.1, 0.15) is 0 Å². The fourth-order valence-electron chi connectivity index (χ4n) is 4.38. The van der Waals surface area contributed by atoms with Gasteiger partial charge in [-0.1, -0.05) is 27.2 Å². The molecule has 0 radical (unpaired) electrons. The second kappa shape index (κ2) is 7.43. The summed E-state index contributed by atoms with van der Waals surface area (Å²) in [6, 6.07) is 0.613. The molecule has 1 saturated heterocycles. The predicted octanol–water partition coefficient (Wildman–Crippen LogP) is 3.45. The van der Waals surface area contributed by atoms with Crippen molar-refractivity contribution in [2.45, 2.75) is 84.5 Å². The van der Waals surface area contributed by atoms with E-state index in [1.54, 1.807) is 0 Å². The van der Waals surface area contributed by atoms with Crippen molar-refractivity contribution < 1.29 is 9.84 Å². The Bertz CT molecular complexity index is 318. The SMILES string of the molecule is C[C@H]1C[C@@H](OC[C@@H](O)CN2CCCC[C@H]2C)CC(C)(C)C1. The van der Waals surface area contributed by atoms with Gasteiger partial charge in [-0.3, -0.25) is 4.90 Å². The number of aliphatic hydroxyl groups is 1. The van der Waals surface area contributed by atoms with E-state index in [2.05, 4.69) is 32.6 Å². The van der Waals surface area contributed by atoms with E-state index in [0.29, 0.717) is 24.2 Å². The largest absolute Gasteiger partial charge is 0.389 e. The molecule has 1 saturated carbocycles. The Kier molecular flexibility index (Phi) is 6.10. The second-order valence-corrected chi connectivity index (χ2v) is 8.36. The molecule has 1 N–H and O–H groups in total. The summed E-state index contributed by atoms with van der Waals surface area (Å²) in [5.41, 5.74) is 0.384. The Morgan fingerprint density at radius 3 is 2.67 bits per heavy atom. The van der Waals surface area contributed by atoms with Gasteiger partial charge in [0.25, 0.3) is 0 Å². The van der Waals surface area contributed by atoms with Crippen LogP contribution in [0.2, 0.25) is 0 Å². The van der Waals surface area contributed by atoms with Crippen molar-refractivity contribution in [2.24, 2.45) is 11.3 Å². The maximum atomic E-state index is 10.3. The van der Waals surface area contributed by atoms with Crippen LogP contribution < -0.4 is 0 Å². The summed E-state index contributed by atoms with van der Waals surface area (Å²) in [4.78, 5) is 2.42. The summed E-state index contributed by atoms with van der Waals surface area (Å²) in [7, 11) is 0. The van der Waals surface area contributed by atoms with Crippen molar-refractivity contribution >= 4 is 0 Å². The van der Waals surface area contributed by atoms with Gasteiger partial charge in [0.05, 0.1) is 18.8 Å². The first kappa shape index (κ1) is 17.2. The molecule has 1 heterocycles. The van der Waals surface area contributed by atoms with Crippen LogP contribution in [0.5, 0.6) is 0 Å². The van der Waals surface area contributed by atoms with Crippen molar-refractivity contribution in [3.63, 3.8) is 0 Å². The quantitative estimate of drug-likeness (QED) is 0.843. The Labute approximate surface area is 131 Å². The molecule has 2 rings (SSSR count). The lowest BCUT2D eigenvalue weighted by molar-refractivity contribution is -0.0645. The molecular formula is C18H35NO2. The number of ether oxygens (including phenoxy) is 1. The van der Waals surface area contributed by atoms with Gasteiger partial charge in [0, 0.05) is 12.6 Å². The van der Waals surface area contributed by atoms with Gasteiger partial charge >= 0.3 is 0 Å². The van der Waals surface area contributed by atoms with Crippen molar-refractivity contribution in [3.8, 4) is 0 Å². The Morgan fingerprint density at radius 2 is 2.00 bits per heavy atom. The van der Waals surface area contributed by atoms with E-state index in [0.717, 1.165) is 31.8 Å². The molecule has 1 aliphatic carbocycles. The van der Waals surface area contributed by atoms with Crippen LogP contribution in [0.1, 0.15) is 66.2 Å². The average Bonchev–Trinajstić information content (AvgIpc) is 2.37. The van der Waals surface area contributed by atoms with Crippen LogP contribution in [-0.4, -0.2) is 48.0 Å². The van der Waals surface area contributed by atoms with Gasteiger partial charge in [-0.25, -0.2) is 0 Å². The maximum Gasteiger partial charge on any atom is 0.0900 e. The van der Waals surface area contributed by atoms with Crippen LogP contribution in [0.15, 0.2) is 0 Å². The summed E-state index contributed by atoms with van der Waals surface area (Å²) in [5, 5.41) is 10.3. The van der Waals surface area contributed by atoms with Crippen molar-refractivity contribution in [3.05, 3.63) is 0 Å². The normalized spacial score (nSPS) is 35.6. The van der Waals surface area contributed by atoms with Crippen LogP contribution in [0.4, 0.5) is 0 Å². The summed E-state index contributed by atoms with van der Waals surface area (Å²) in [6.45, 7) is 11.7. The van der Waals surface area contributed by atoms with Crippen LogP contribution in [0.3, 0.4) is 0 Å². The summed E-state index contributed by atoms with van der Waals surface area (Å²) >= 11 is 0. The Morgan fingerprint density at radius 1 is 1.24 bits per heavy atom. The molecule has 0 spiro atoms.